The Morgan fingerprint density at radius 1 is 0.706 bits per heavy atom. The first-order chi connectivity index (χ1) is 7.54. The number of hydrogen-bond acceptors (Lipinski definition) is 0. The maximum Gasteiger partial charge on any atom is -0.0164 e. The Balaban J connectivity index is 3.34. The molecule has 0 radical (unpaired) electrons. The van der Waals surface area contributed by atoms with Crippen LogP contribution in [0.3, 0.4) is 0 Å². The van der Waals surface area contributed by atoms with Gasteiger partial charge in [0.15, 0.2) is 0 Å². The van der Waals surface area contributed by atoms with Crippen molar-refractivity contribution < 1.29 is 0 Å². The van der Waals surface area contributed by atoms with Crippen LogP contribution in [0.1, 0.15) is 75.2 Å². The fraction of sp³-hybridized carbons (Fsp3) is 1.00. The molecule has 0 N–H and O–H groups in total. The highest BCUT2D eigenvalue weighted by atomic mass is 14.7. The Bertz CT molecular complexity index is 256. The molecular formula is C17H34. The molecule has 0 aromatic rings. The lowest BCUT2D eigenvalue weighted by molar-refractivity contribution is -0.234. The highest BCUT2D eigenvalue weighted by Gasteiger charge is 2.66. The summed E-state index contributed by atoms with van der Waals surface area (Å²) >= 11 is 0. The summed E-state index contributed by atoms with van der Waals surface area (Å²) in [5.41, 5.74) is 1.47. The zero-order chi connectivity index (χ0) is 13.6. The number of hydrogen-bond donors (Lipinski definition) is 0. The van der Waals surface area contributed by atoms with E-state index >= 15 is 0 Å². The summed E-state index contributed by atoms with van der Waals surface area (Å²) in [6.45, 7) is 22.1. The van der Waals surface area contributed by atoms with Crippen molar-refractivity contribution in [3.8, 4) is 0 Å². The van der Waals surface area contributed by atoms with Gasteiger partial charge in [0, 0.05) is 0 Å². The summed E-state index contributed by atoms with van der Waals surface area (Å²) < 4.78 is 0. The molecule has 17 heavy (non-hydrogen) atoms. The highest BCUT2D eigenvalue weighted by Crippen LogP contribution is 2.73. The molecule has 0 aromatic carbocycles. The standard InChI is InChI=1S/C17H34/c1-12(2)16(13(3)4)10-11-17(16,14(5)6)15(7,8)9/h12-14H,10-11H2,1-9H3. The first kappa shape index (κ1) is 15.1. The zero-order valence-corrected chi connectivity index (χ0v) is 13.6. The van der Waals surface area contributed by atoms with Gasteiger partial charge in [-0.2, -0.15) is 0 Å². The highest BCUT2D eigenvalue weighted by molar-refractivity contribution is 5.15. The Labute approximate surface area is 110 Å². The molecule has 0 heteroatoms. The van der Waals surface area contributed by atoms with Crippen molar-refractivity contribution in [2.24, 2.45) is 34.0 Å². The molecular weight excluding hydrogens is 204 g/mol. The van der Waals surface area contributed by atoms with Gasteiger partial charge < -0.3 is 0 Å². The van der Waals surface area contributed by atoms with Crippen LogP contribution in [0.25, 0.3) is 0 Å². The van der Waals surface area contributed by atoms with Crippen LogP contribution in [0.2, 0.25) is 0 Å². The molecule has 0 spiro atoms. The van der Waals surface area contributed by atoms with Crippen LogP contribution in [-0.4, -0.2) is 0 Å². The minimum Gasteiger partial charge on any atom is -0.0622 e. The van der Waals surface area contributed by atoms with Crippen molar-refractivity contribution >= 4 is 0 Å². The van der Waals surface area contributed by atoms with Gasteiger partial charge in [0.25, 0.3) is 0 Å². The lowest BCUT2D eigenvalue weighted by Gasteiger charge is -2.72. The molecule has 1 saturated carbocycles. The van der Waals surface area contributed by atoms with E-state index in [9.17, 15) is 0 Å². The predicted molar refractivity (Wildman–Crippen MR) is 78.1 cm³/mol. The Morgan fingerprint density at radius 2 is 1.12 bits per heavy atom. The summed E-state index contributed by atoms with van der Waals surface area (Å²) in [6, 6.07) is 0. The van der Waals surface area contributed by atoms with Gasteiger partial charge in [-0.3, -0.25) is 0 Å². The van der Waals surface area contributed by atoms with Crippen molar-refractivity contribution in [2.75, 3.05) is 0 Å². The van der Waals surface area contributed by atoms with Crippen molar-refractivity contribution in [2.45, 2.75) is 75.2 Å². The van der Waals surface area contributed by atoms with Gasteiger partial charge in [-0.25, -0.2) is 0 Å². The van der Waals surface area contributed by atoms with Crippen molar-refractivity contribution in [3.05, 3.63) is 0 Å². The summed E-state index contributed by atoms with van der Waals surface area (Å²) in [7, 11) is 0. The van der Waals surface area contributed by atoms with Gasteiger partial charge in [0.05, 0.1) is 0 Å². The molecule has 1 unspecified atom stereocenters. The van der Waals surface area contributed by atoms with Crippen LogP contribution >= 0.6 is 0 Å². The van der Waals surface area contributed by atoms with E-state index in [-0.39, 0.29) is 0 Å². The second-order valence-corrected chi connectivity index (χ2v) is 8.23. The van der Waals surface area contributed by atoms with Crippen LogP contribution in [0.5, 0.6) is 0 Å². The van der Waals surface area contributed by atoms with Crippen LogP contribution in [0.4, 0.5) is 0 Å². The normalized spacial score (nSPS) is 28.9. The minimum absolute atomic E-state index is 0.411. The average Bonchev–Trinajstić information content (AvgIpc) is 1.95. The molecule has 1 aliphatic carbocycles. The molecule has 0 saturated heterocycles. The third-order valence-corrected chi connectivity index (χ3v) is 6.15. The molecule has 1 rings (SSSR count). The fourth-order valence-electron chi connectivity index (χ4n) is 5.72. The van der Waals surface area contributed by atoms with E-state index in [1.165, 1.54) is 12.8 Å². The second-order valence-electron chi connectivity index (χ2n) is 8.23. The van der Waals surface area contributed by atoms with E-state index in [1.54, 1.807) is 0 Å². The molecule has 102 valence electrons. The summed E-state index contributed by atoms with van der Waals surface area (Å²) in [6.07, 6.45) is 2.85. The topological polar surface area (TPSA) is 0 Å². The van der Waals surface area contributed by atoms with Gasteiger partial charge in [0.1, 0.15) is 0 Å². The molecule has 1 fully saturated rings. The molecule has 0 aliphatic heterocycles. The third kappa shape index (κ3) is 1.70. The van der Waals surface area contributed by atoms with E-state index in [1.807, 2.05) is 0 Å². The molecule has 0 heterocycles. The predicted octanol–water partition coefficient (Wildman–Crippen LogP) is 5.77. The van der Waals surface area contributed by atoms with E-state index < -0.39 is 0 Å². The smallest absolute Gasteiger partial charge is 0.0164 e. The van der Waals surface area contributed by atoms with E-state index in [0.29, 0.717) is 16.2 Å². The van der Waals surface area contributed by atoms with Gasteiger partial charge >= 0.3 is 0 Å². The molecule has 0 amide bonds. The monoisotopic (exact) mass is 238 g/mol. The van der Waals surface area contributed by atoms with Crippen molar-refractivity contribution in [1.82, 2.24) is 0 Å². The van der Waals surface area contributed by atoms with Crippen molar-refractivity contribution in [1.29, 1.82) is 0 Å². The lowest BCUT2D eigenvalue weighted by atomic mass is 9.33. The van der Waals surface area contributed by atoms with Gasteiger partial charge in [-0.05, 0) is 46.8 Å². The molecule has 0 nitrogen and oxygen atoms in total. The fourth-order valence-corrected chi connectivity index (χ4v) is 5.72. The zero-order valence-electron chi connectivity index (χ0n) is 13.6. The Morgan fingerprint density at radius 3 is 1.18 bits per heavy atom. The molecule has 0 bridgehead atoms. The minimum atomic E-state index is 0.411. The van der Waals surface area contributed by atoms with Crippen LogP contribution < -0.4 is 0 Å². The lowest BCUT2D eigenvalue weighted by Crippen LogP contribution is -2.65. The van der Waals surface area contributed by atoms with Crippen molar-refractivity contribution in [3.63, 3.8) is 0 Å². The van der Waals surface area contributed by atoms with E-state index in [0.717, 1.165) is 17.8 Å². The van der Waals surface area contributed by atoms with Crippen LogP contribution in [-0.2, 0) is 0 Å². The van der Waals surface area contributed by atoms with Crippen LogP contribution in [0, 0.1) is 34.0 Å². The Kier molecular flexibility index (Phi) is 3.79. The molecule has 1 atom stereocenters. The van der Waals surface area contributed by atoms with Gasteiger partial charge in [-0.1, -0.05) is 62.3 Å². The quantitative estimate of drug-likeness (QED) is 0.586. The maximum atomic E-state index is 2.46. The van der Waals surface area contributed by atoms with Gasteiger partial charge in [0.2, 0.25) is 0 Å². The first-order valence-corrected chi connectivity index (χ1v) is 7.54. The summed E-state index contributed by atoms with van der Waals surface area (Å²) in [5, 5.41) is 0. The van der Waals surface area contributed by atoms with E-state index in [2.05, 4.69) is 62.3 Å². The molecule has 1 aliphatic rings. The first-order valence-electron chi connectivity index (χ1n) is 7.54. The molecule has 0 aromatic heterocycles. The summed E-state index contributed by atoms with van der Waals surface area (Å²) in [5.74, 6) is 2.36. The largest absolute Gasteiger partial charge is 0.0622 e. The number of rotatable bonds is 3. The maximum absolute atomic E-state index is 2.46. The van der Waals surface area contributed by atoms with E-state index in [4.69, 9.17) is 0 Å². The Hall–Kier alpha value is 0. The third-order valence-electron chi connectivity index (χ3n) is 6.15. The van der Waals surface area contributed by atoms with Crippen LogP contribution in [0.15, 0.2) is 0 Å². The SMILES string of the molecule is CC(C)C1(C(C)C)CCC1(C(C)C)C(C)(C)C. The average molecular weight is 238 g/mol. The van der Waals surface area contributed by atoms with Gasteiger partial charge in [-0.15, -0.1) is 0 Å². The second kappa shape index (κ2) is 4.28. The summed E-state index contributed by atoms with van der Waals surface area (Å²) in [4.78, 5) is 0.